The highest BCUT2D eigenvalue weighted by Gasteiger charge is 2.12. The Morgan fingerprint density at radius 1 is 0.295 bits per heavy atom. The molecular weight excluding hydrogens is 1150 g/mol. The predicted molar refractivity (Wildman–Crippen MR) is 333 cm³/mol. The van der Waals surface area contributed by atoms with E-state index in [0.717, 1.165) is 33.7 Å². The lowest BCUT2D eigenvalue weighted by Gasteiger charge is -2.15. The molecular formula is C64H106N2O22. The molecule has 24 nitrogen and oxygen atoms in total. The molecule has 0 amide bonds. The van der Waals surface area contributed by atoms with Gasteiger partial charge in [0.15, 0.2) is 0 Å². The van der Waals surface area contributed by atoms with Crippen molar-refractivity contribution in [3.63, 3.8) is 0 Å². The van der Waals surface area contributed by atoms with Crippen molar-refractivity contribution in [2.45, 2.75) is 6.92 Å². The van der Waals surface area contributed by atoms with Gasteiger partial charge in [-0.2, -0.15) is 0 Å². The Labute approximate surface area is 523 Å². The van der Waals surface area contributed by atoms with E-state index in [1.54, 1.807) is 0 Å². The molecule has 0 radical (unpaired) electrons. The van der Waals surface area contributed by atoms with Gasteiger partial charge in [0.2, 0.25) is 0 Å². The molecule has 0 bridgehead atoms. The molecule has 0 atom stereocenters. The standard InChI is InChI=1S/C64H106N2O22/c1-58-2-4-59(5-3-58)64(60-6-10-62(11-7-60)65-14-18-69-22-26-73-30-34-77-38-42-81-46-50-85-54-56-87-52-48-83-44-40-79-36-32-75-28-24-71-20-16-67)61-8-12-63(13-9-61)66-15-19-70-23-27-74-31-35-78-39-43-82-47-51-86-55-57-88-53-49-84-45-41-80-37-33-76-29-25-72-21-17-68/h2-13,65,67-68H,14-57H2,1H3. The summed E-state index contributed by atoms with van der Waals surface area (Å²) >= 11 is 0. The van der Waals surface area contributed by atoms with Gasteiger partial charge in [-0.25, -0.2) is 0 Å². The molecule has 1 aliphatic carbocycles. The molecule has 0 saturated carbocycles. The fourth-order valence-electron chi connectivity index (χ4n) is 7.51. The summed E-state index contributed by atoms with van der Waals surface area (Å²) in [5.41, 5.74) is 7.64. The minimum atomic E-state index is 0.0168. The normalized spacial score (nSPS) is 12.3. The Bertz CT molecular complexity index is 1930. The SMILES string of the molecule is Cc1ccc(C(=C2C=CC(=NCCOCCOCCOCCOCCOCCOCCOCCOCCOCCOCCO)C=C2)c2ccc(NCCOCCOCCOCCOCCOCCOCCOCCOCCOCCOCCO)cc2)cc1. The molecule has 2 aromatic carbocycles. The van der Waals surface area contributed by atoms with Crippen LogP contribution in [0.2, 0.25) is 0 Å². The Hall–Kier alpha value is -3.75. The van der Waals surface area contributed by atoms with E-state index in [1.165, 1.54) is 5.56 Å². The third-order valence-corrected chi connectivity index (χ3v) is 11.9. The smallest absolute Gasteiger partial charge is 0.0701 e. The van der Waals surface area contributed by atoms with Crippen LogP contribution in [0.1, 0.15) is 16.7 Å². The van der Waals surface area contributed by atoms with Gasteiger partial charge in [-0.15, -0.1) is 0 Å². The second-order valence-electron chi connectivity index (χ2n) is 18.9. The maximum atomic E-state index is 8.64. The monoisotopic (exact) mass is 1250 g/mol. The lowest BCUT2D eigenvalue weighted by Crippen LogP contribution is -2.15. The van der Waals surface area contributed by atoms with Gasteiger partial charge in [0.25, 0.3) is 0 Å². The first kappa shape index (κ1) is 78.5. The first-order chi connectivity index (χ1) is 43.7. The fourth-order valence-corrected chi connectivity index (χ4v) is 7.51. The molecule has 0 fully saturated rings. The van der Waals surface area contributed by atoms with Crippen molar-refractivity contribution in [2.75, 3.05) is 296 Å². The largest absolute Gasteiger partial charge is 0.394 e. The number of aliphatic hydroxyl groups is 2. The number of anilines is 1. The number of hydrogen-bond acceptors (Lipinski definition) is 24. The van der Waals surface area contributed by atoms with E-state index in [2.05, 4.69) is 85.1 Å². The van der Waals surface area contributed by atoms with Crippen molar-refractivity contribution in [3.8, 4) is 0 Å². The van der Waals surface area contributed by atoms with Gasteiger partial charge in [-0.1, -0.05) is 54.1 Å². The molecule has 2 aromatic rings. The van der Waals surface area contributed by atoms with E-state index in [9.17, 15) is 0 Å². The number of aliphatic hydroxyl groups excluding tert-OH is 2. The summed E-state index contributed by atoms with van der Waals surface area (Å²) in [7, 11) is 0. The zero-order valence-electron chi connectivity index (χ0n) is 52.5. The molecule has 88 heavy (non-hydrogen) atoms. The van der Waals surface area contributed by atoms with Crippen molar-refractivity contribution < 1.29 is 105 Å². The van der Waals surface area contributed by atoms with Crippen LogP contribution in [0.4, 0.5) is 5.69 Å². The van der Waals surface area contributed by atoms with Crippen LogP contribution in [0.3, 0.4) is 0 Å². The van der Waals surface area contributed by atoms with Crippen LogP contribution in [-0.2, 0) is 94.7 Å². The zero-order chi connectivity index (χ0) is 62.2. The van der Waals surface area contributed by atoms with E-state index < -0.39 is 0 Å². The molecule has 0 saturated heterocycles. The summed E-state index contributed by atoms with van der Waals surface area (Å²) in [4.78, 5) is 4.73. The van der Waals surface area contributed by atoms with Crippen LogP contribution < -0.4 is 5.32 Å². The molecule has 0 heterocycles. The van der Waals surface area contributed by atoms with E-state index in [1.807, 2.05) is 0 Å². The van der Waals surface area contributed by atoms with Crippen LogP contribution >= 0.6 is 0 Å². The van der Waals surface area contributed by atoms with Crippen LogP contribution in [-0.4, -0.2) is 307 Å². The Balaban J connectivity index is 1.09. The molecule has 0 aliphatic heterocycles. The van der Waals surface area contributed by atoms with E-state index in [4.69, 9.17) is 110 Å². The van der Waals surface area contributed by atoms with Gasteiger partial charge in [0, 0.05) is 12.2 Å². The summed E-state index contributed by atoms with van der Waals surface area (Å²) in [6, 6.07) is 17.1. The second kappa shape index (κ2) is 62.1. The van der Waals surface area contributed by atoms with Crippen LogP contribution in [0.5, 0.6) is 0 Å². The highest BCUT2D eigenvalue weighted by Crippen LogP contribution is 2.31. The molecule has 0 unspecified atom stereocenters. The number of allylic oxidation sites excluding steroid dienone is 5. The molecule has 1 aliphatic rings. The minimum absolute atomic E-state index is 0.0168. The number of hydrogen-bond donors (Lipinski definition) is 3. The summed E-state index contributed by atoms with van der Waals surface area (Å²) in [5.74, 6) is 0. The van der Waals surface area contributed by atoms with Crippen LogP contribution in [0.25, 0.3) is 5.57 Å². The van der Waals surface area contributed by atoms with Crippen molar-refractivity contribution in [3.05, 3.63) is 95.1 Å². The van der Waals surface area contributed by atoms with Crippen molar-refractivity contribution in [1.29, 1.82) is 0 Å². The van der Waals surface area contributed by atoms with Crippen molar-refractivity contribution >= 4 is 17.0 Å². The number of aryl methyl sites for hydroxylation is 1. The average Bonchev–Trinajstić information content (AvgIpc) is 1.89. The Morgan fingerprint density at radius 3 is 0.807 bits per heavy atom. The van der Waals surface area contributed by atoms with E-state index in [0.29, 0.717) is 277 Å². The maximum Gasteiger partial charge on any atom is 0.0701 e. The highest BCUT2D eigenvalue weighted by molar-refractivity contribution is 6.07. The topological polar surface area (TPSA) is 249 Å². The number of ether oxygens (including phenoxy) is 20. The number of nitrogens with one attached hydrogen (secondary N) is 1. The molecule has 3 N–H and O–H groups in total. The van der Waals surface area contributed by atoms with Gasteiger partial charge in [-0.05, 0) is 53.5 Å². The first-order valence-corrected chi connectivity index (χ1v) is 31.0. The first-order valence-electron chi connectivity index (χ1n) is 31.0. The van der Waals surface area contributed by atoms with Gasteiger partial charge >= 0.3 is 0 Å². The van der Waals surface area contributed by atoms with Crippen LogP contribution in [0, 0.1) is 6.92 Å². The third-order valence-electron chi connectivity index (χ3n) is 11.9. The highest BCUT2D eigenvalue weighted by atomic mass is 16.6. The van der Waals surface area contributed by atoms with Crippen LogP contribution in [0.15, 0.2) is 83.4 Å². The lowest BCUT2D eigenvalue weighted by atomic mass is 9.90. The van der Waals surface area contributed by atoms with Gasteiger partial charge < -0.3 is 110 Å². The molecule has 504 valence electrons. The lowest BCUT2D eigenvalue weighted by molar-refractivity contribution is -0.0267. The number of rotatable bonds is 67. The fraction of sp³-hybridized carbons (Fsp3) is 0.703. The third kappa shape index (κ3) is 48.1. The summed E-state index contributed by atoms with van der Waals surface area (Å²) in [6.45, 7) is 22.6. The van der Waals surface area contributed by atoms with Crippen molar-refractivity contribution in [1.82, 2.24) is 0 Å². The molecule has 0 aromatic heterocycles. The summed E-state index contributed by atoms with van der Waals surface area (Å²) in [5, 5.41) is 20.7. The van der Waals surface area contributed by atoms with Gasteiger partial charge in [0.05, 0.1) is 290 Å². The molecule has 3 rings (SSSR count). The zero-order valence-corrected chi connectivity index (χ0v) is 52.5. The summed E-state index contributed by atoms with van der Waals surface area (Å²) < 4.78 is 110. The van der Waals surface area contributed by atoms with Gasteiger partial charge in [-0.3, -0.25) is 4.99 Å². The molecule has 24 heteroatoms. The Morgan fingerprint density at radius 2 is 0.534 bits per heavy atom. The Kier molecular flexibility index (Phi) is 55.4. The number of nitrogens with zero attached hydrogens (tertiary/aromatic N) is 1. The number of aliphatic imine (C=N–C) groups is 1. The minimum Gasteiger partial charge on any atom is -0.394 e. The van der Waals surface area contributed by atoms with E-state index in [-0.39, 0.29) is 13.2 Å². The average molecular weight is 1260 g/mol. The van der Waals surface area contributed by atoms with Gasteiger partial charge in [0.1, 0.15) is 0 Å². The van der Waals surface area contributed by atoms with Crippen molar-refractivity contribution in [2.24, 2.45) is 4.99 Å². The summed E-state index contributed by atoms with van der Waals surface area (Å²) in [6.07, 6.45) is 8.36. The predicted octanol–water partition coefficient (Wildman–Crippen LogP) is 4.09. The second-order valence-corrected chi connectivity index (χ2v) is 18.9. The van der Waals surface area contributed by atoms with E-state index >= 15 is 0 Å². The quantitative estimate of drug-likeness (QED) is 0.0789. The molecule has 0 spiro atoms. The maximum absolute atomic E-state index is 8.64. The number of benzene rings is 2.